The third kappa shape index (κ3) is 3.68. The second kappa shape index (κ2) is 8.11. The first-order chi connectivity index (χ1) is 11.5. The molecule has 9 nitrogen and oxygen atoms in total. The van der Waals surface area contributed by atoms with E-state index < -0.39 is 17.1 Å². The normalized spacial score (nSPS) is 15.2. The Morgan fingerprint density at radius 3 is 2.29 bits per heavy atom. The molecule has 1 aliphatic heterocycles. The molecule has 1 aromatic rings. The van der Waals surface area contributed by atoms with E-state index in [-0.39, 0.29) is 18.3 Å². The minimum Gasteiger partial charge on any atom is -0.450 e. The van der Waals surface area contributed by atoms with Crippen molar-refractivity contribution in [2.45, 2.75) is 13.2 Å². The first kappa shape index (κ1) is 18.2. The molecule has 0 atom stereocenters. The lowest BCUT2D eigenvalue weighted by molar-refractivity contribution is -0.0914. The molecule has 24 heavy (non-hydrogen) atoms. The summed E-state index contributed by atoms with van der Waals surface area (Å²) in [6, 6.07) is 0. The zero-order chi connectivity index (χ0) is 17.7. The fourth-order valence-electron chi connectivity index (χ4n) is 2.62. The number of amides is 1. The van der Waals surface area contributed by atoms with E-state index >= 15 is 0 Å². The minimum absolute atomic E-state index is 0.258. The summed E-state index contributed by atoms with van der Waals surface area (Å²) in [4.78, 5) is 38.8. The average Bonchev–Trinajstić information content (AvgIpc) is 2.61. The molecule has 1 aromatic carbocycles. The summed E-state index contributed by atoms with van der Waals surface area (Å²) in [6.45, 7) is 4.15. The van der Waals surface area contributed by atoms with E-state index in [1.54, 1.807) is 11.8 Å². The lowest BCUT2D eigenvalue weighted by Gasteiger charge is -2.36. The Hall–Kier alpha value is -2.13. The van der Waals surface area contributed by atoms with Gasteiger partial charge in [-0.05, 0) is 6.92 Å². The van der Waals surface area contributed by atoms with E-state index in [0.29, 0.717) is 38.5 Å². The zero-order valence-electron chi connectivity index (χ0n) is 14.2. The minimum atomic E-state index is -0.538. The van der Waals surface area contributed by atoms with Gasteiger partial charge in [-0.15, -0.1) is 0 Å². The topological polar surface area (TPSA) is 97.4 Å². The highest BCUT2D eigenvalue weighted by molar-refractivity contribution is 5.76. The zero-order valence-corrected chi connectivity index (χ0v) is 14.2. The Balaban J connectivity index is 1.99. The lowest BCUT2D eigenvalue weighted by atomic mass is 10.1. The van der Waals surface area contributed by atoms with Crippen molar-refractivity contribution in [1.82, 2.24) is 4.90 Å². The highest BCUT2D eigenvalue weighted by Gasteiger charge is 2.30. The van der Waals surface area contributed by atoms with Crippen molar-refractivity contribution in [3.63, 3.8) is 0 Å². The molecule has 1 N–H and O–H groups in total. The van der Waals surface area contributed by atoms with Gasteiger partial charge in [0.2, 0.25) is 0 Å². The van der Waals surface area contributed by atoms with Crippen LogP contribution in [0, 0.1) is 0 Å². The van der Waals surface area contributed by atoms with Gasteiger partial charge in [0.05, 0.1) is 13.2 Å². The van der Waals surface area contributed by atoms with Crippen LogP contribution < -0.4 is 21.1 Å². The monoisotopic (exact) mass is 341 g/mol. The summed E-state index contributed by atoms with van der Waals surface area (Å²) >= 11 is 0. The van der Waals surface area contributed by atoms with Gasteiger partial charge < -0.3 is 29.3 Å². The van der Waals surface area contributed by atoms with Crippen molar-refractivity contribution < 1.29 is 19.0 Å². The van der Waals surface area contributed by atoms with Gasteiger partial charge in [-0.25, -0.2) is 4.79 Å². The first-order valence-corrected chi connectivity index (χ1v) is 7.82. The highest BCUT2D eigenvalue weighted by atomic mass is 16.7. The molecule has 0 unspecified atom stereocenters. The SMILES string of the molecule is CCOC(=O)N1CCN(c2c(NCC(OC)OC)c(=O)c2=O)CC1. The number of ether oxygens (including phenoxy) is 3. The summed E-state index contributed by atoms with van der Waals surface area (Å²) < 4.78 is 15.1. The maximum absolute atomic E-state index is 11.9. The molecule has 0 radical (unpaired) electrons. The highest BCUT2D eigenvalue weighted by Crippen LogP contribution is 2.22. The fourth-order valence-corrected chi connectivity index (χ4v) is 2.62. The van der Waals surface area contributed by atoms with E-state index in [1.807, 2.05) is 4.90 Å². The van der Waals surface area contributed by atoms with E-state index in [9.17, 15) is 14.4 Å². The fraction of sp³-hybridized carbons (Fsp3) is 0.667. The standard InChI is InChI=1S/C15H23N3O6/c1-4-24-15(21)18-7-5-17(6-8-18)12-11(13(19)14(12)20)16-9-10(22-2)23-3/h10,16H,4-9H2,1-3H3. The number of rotatable bonds is 7. The molecule has 1 saturated heterocycles. The quantitative estimate of drug-likeness (QED) is 0.528. The molecule has 0 aromatic heterocycles. The van der Waals surface area contributed by atoms with Crippen LogP contribution in [0.15, 0.2) is 9.59 Å². The molecule has 2 rings (SSSR count). The number of hydrogen-bond donors (Lipinski definition) is 1. The number of carbonyl (C=O) groups excluding carboxylic acids is 1. The summed E-state index contributed by atoms with van der Waals surface area (Å²) in [5.74, 6) is 0. The molecule has 0 saturated carbocycles. The van der Waals surface area contributed by atoms with Gasteiger partial charge in [-0.3, -0.25) is 9.59 Å². The number of nitrogens with one attached hydrogen (secondary N) is 1. The van der Waals surface area contributed by atoms with Crippen LogP contribution >= 0.6 is 0 Å². The number of methoxy groups -OCH3 is 2. The Morgan fingerprint density at radius 1 is 1.12 bits per heavy atom. The number of hydrogen-bond acceptors (Lipinski definition) is 8. The van der Waals surface area contributed by atoms with Crippen LogP contribution in [0.25, 0.3) is 0 Å². The summed E-state index contributed by atoms with van der Waals surface area (Å²) in [5.41, 5.74) is -0.393. The van der Waals surface area contributed by atoms with Gasteiger partial charge in [-0.2, -0.15) is 0 Å². The smallest absolute Gasteiger partial charge is 0.409 e. The van der Waals surface area contributed by atoms with Crippen molar-refractivity contribution >= 4 is 17.5 Å². The molecule has 134 valence electrons. The van der Waals surface area contributed by atoms with Crippen LogP contribution in [-0.2, 0) is 14.2 Å². The van der Waals surface area contributed by atoms with Crippen LogP contribution in [0.4, 0.5) is 16.2 Å². The van der Waals surface area contributed by atoms with Gasteiger partial charge in [0.25, 0.3) is 10.9 Å². The molecule has 1 amide bonds. The van der Waals surface area contributed by atoms with Gasteiger partial charge in [0, 0.05) is 40.4 Å². The summed E-state index contributed by atoms with van der Waals surface area (Å²) in [7, 11) is 2.99. The molecular weight excluding hydrogens is 318 g/mol. The molecular formula is C15H23N3O6. The number of anilines is 2. The van der Waals surface area contributed by atoms with Crippen LogP contribution in [0.2, 0.25) is 0 Å². The van der Waals surface area contributed by atoms with E-state index in [1.165, 1.54) is 14.2 Å². The Bertz CT molecular complexity index is 627. The van der Waals surface area contributed by atoms with Crippen LogP contribution in [-0.4, -0.2) is 70.8 Å². The Kier molecular flexibility index (Phi) is 6.16. The number of carbonyl (C=O) groups is 1. The maximum Gasteiger partial charge on any atom is 0.409 e. The Labute approximate surface area is 139 Å². The van der Waals surface area contributed by atoms with E-state index in [4.69, 9.17) is 14.2 Å². The number of nitrogens with zero attached hydrogens (tertiary/aromatic N) is 2. The van der Waals surface area contributed by atoms with Gasteiger partial charge in [-0.1, -0.05) is 0 Å². The molecule has 0 aliphatic carbocycles. The molecule has 0 bridgehead atoms. The van der Waals surface area contributed by atoms with Crippen molar-refractivity contribution in [3.05, 3.63) is 20.4 Å². The molecule has 0 spiro atoms. The summed E-state index contributed by atoms with van der Waals surface area (Å²) in [6.07, 6.45) is -0.869. The van der Waals surface area contributed by atoms with Gasteiger partial charge >= 0.3 is 6.09 Å². The third-order valence-corrected chi connectivity index (χ3v) is 3.98. The van der Waals surface area contributed by atoms with Crippen molar-refractivity contribution in [2.75, 3.05) is 63.8 Å². The first-order valence-electron chi connectivity index (χ1n) is 7.82. The predicted molar refractivity (Wildman–Crippen MR) is 88.5 cm³/mol. The van der Waals surface area contributed by atoms with Crippen LogP contribution in [0.5, 0.6) is 0 Å². The van der Waals surface area contributed by atoms with Crippen molar-refractivity contribution in [3.8, 4) is 0 Å². The van der Waals surface area contributed by atoms with E-state index in [2.05, 4.69) is 5.32 Å². The van der Waals surface area contributed by atoms with E-state index in [0.717, 1.165) is 0 Å². The second-order valence-corrected chi connectivity index (χ2v) is 5.34. The van der Waals surface area contributed by atoms with Gasteiger partial charge in [0.15, 0.2) is 6.29 Å². The molecule has 1 heterocycles. The Morgan fingerprint density at radius 2 is 1.75 bits per heavy atom. The van der Waals surface area contributed by atoms with Crippen LogP contribution in [0.3, 0.4) is 0 Å². The maximum atomic E-state index is 11.9. The lowest BCUT2D eigenvalue weighted by Crippen LogP contribution is -2.53. The molecule has 1 aliphatic rings. The van der Waals surface area contributed by atoms with Crippen LogP contribution in [0.1, 0.15) is 6.92 Å². The molecule has 1 fully saturated rings. The van der Waals surface area contributed by atoms with Crippen molar-refractivity contribution in [1.29, 1.82) is 0 Å². The largest absolute Gasteiger partial charge is 0.450 e. The average molecular weight is 341 g/mol. The molecule has 9 heteroatoms. The third-order valence-electron chi connectivity index (χ3n) is 3.98. The predicted octanol–water partition coefficient (Wildman–Crippen LogP) is -0.408. The van der Waals surface area contributed by atoms with Gasteiger partial charge in [0.1, 0.15) is 11.4 Å². The number of piperazine rings is 1. The van der Waals surface area contributed by atoms with Crippen molar-refractivity contribution in [2.24, 2.45) is 0 Å². The summed E-state index contributed by atoms with van der Waals surface area (Å²) in [5, 5.41) is 2.92. The second-order valence-electron chi connectivity index (χ2n) is 5.34.